The van der Waals surface area contributed by atoms with Crippen LogP contribution in [0, 0.1) is 0 Å². The molecule has 2 aliphatic heterocycles. The van der Waals surface area contributed by atoms with Crippen molar-refractivity contribution in [3.63, 3.8) is 0 Å². The van der Waals surface area contributed by atoms with Crippen molar-refractivity contribution in [3.05, 3.63) is 59.1 Å². The number of piperazine rings is 1. The molecule has 33 heavy (non-hydrogen) atoms. The first-order valence-electron chi connectivity index (χ1n) is 11.9. The number of thiophene rings is 1. The summed E-state index contributed by atoms with van der Waals surface area (Å²) in [6, 6.07) is 16.1. The number of aromatic amines is 1. The summed E-state index contributed by atoms with van der Waals surface area (Å²) in [5.74, 6) is 3.20. The molecule has 2 atom stereocenters. The lowest BCUT2D eigenvalue weighted by Gasteiger charge is -2.34. The van der Waals surface area contributed by atoms with Crippen LogP contribution >= 0.6 is 11.3 Å². The molecule has 0 radical (unpaired) electrons. The highest BCUT2D eigenvalue weighted by molar-refractivity contribution is 7.17. The van der Waals surface area contributed by atoms with Crippen LogP contribution in [-0.2, 0) is 6.42 Å². The molecule has 0 unspecified atom stereocenters. The van der Waals surface area contributed by atoms with Gasteiger partial charge in [-0.3, -0.25) is 10.00 Å². The van der Waals surface area contributed by atoms with Crippen LogP contribution in [0.2, 0.25) is 0 Å². The zero-order chi connectivity index (χ0) is 21.8. The zero-order valence-electron chi connectivity index (χ0n) is 18.4. The summed E-state index contributed by atoms with van der Waals surface area (Å²) in [5.41, 5.74) is 3.65. The smallest absolute Gasteiger partial charge is 0.228 e. The van der Waals surface area contributed by atoms with E-state index in [1.165, 1.54) is 30.5 Å². The van der Waals surface area contributed by atoms with E-state index in [4.69, 9.17) is 9.97 Å². The Kier molecular flexibility index (Phi) is 4.62. The third-order valence-corrected chi connectivity index (χ3v) is 8.20. The Morgan fingerprint density at radius 3 is 2.79 bits per heavy atom. The highest BCUT2D eigenvalue weighted by Gasteiger charge is 2.44. The van der Waals surface area contributed by atoms with Crippen LogP contribution in [0.25, 0.3) is 10.2 Å². The van der Waals surface area contributed by atoms with Gasteiger partial charge in [-0.2, -0.15) is 10.1 Å². The molecule has 2 saturated heterocycles. The van der Waals surface area contributed by atoms with Crippen LogP contribution in [-0.4, -0.2) is 56.8 Å². The summed E-state index contributed by atoms with van der Waals surface area (Å²) in [6.45, 7) is 3.22. The molecular weight excluding hydrogens is 430 g/mol. The minimum atomic E-state index is 0.488. The highest BCUT2D eigenvalue weighted by atomic mass is 32.1. The van der Waals surface area contributed by atoms with E-state index in [9.17, 15) is 0 Å². The average molecular weight is 458 g/mol. The van der Waals surface area contributed by atoms with Crippen LogP contribution in [0.5, 0.6) is 0 Å². The molecule has 7 nitrogen and oxygen atoms in total. The monoisotopic (exact) mass is 457 g/mol. The molecule has 3 fully saturated rings. The van der Waals surface area contributed by atoms with E-state index < -0.39 is 0 Å². The van der Waals surface area contributed by atoms with Crippen molar-refractivity contribution in [2.75, 3.05) is 29.9 Å². The van der Waals surface area contributed by atoms with E-state index in [2.05, 4.69) is 73.2 Å². The summed E-state index contributed by atoms with van der Waals surface area (Å²) in [4.78, 5) is 15.0. The minimum absolute atomic E-state index is 0.488. The normalized spacial score (nSPS) is 22.5. The third kappa shape index (κ3) is 3.67. The van der Waals surface area contributed by atoms with Crippen LogP contribution in [0.15, 0.2) is 47.8 Å². The Hall–Kier alpha value is -2.97. The molecule has 3 aromatic heterocycles. The van der Waals surface area contributed by atoms with Gasteiger partial charge in [-0.25, -0.2) is 4.98 Å². The predicted octanol–water partition coefficient (Wildman–Crippen LogP) is 4.54. The molecule has 4 aromatic rings. The Morgan fingerprint density at radius 2 is 1.97 bits per heavy atom. The number of H-pyrrole nitrogens is 1. The number of nitrogens with one attached hydrogen (secondary N) is 2. The van der Waals surface area contributed by atoms with Crippen LogP contribution < -0.4 is 10.2 Å². The van der Waals surface area contributed by atoms with Crippen molar-refractivity contribution >= 4 is 39.1 Å². The molecule has 1 aliphatic carbocycles. The summed E-state index contributed by atoms with van der Waals surface area (Å²) in [7, 11) is 0. The maximum Gasteiger partial charge on any atom is 0.228 e. The molecule has 8 heteroatoms. The van der Waals surface area contributed by atoms with Gasteiger partial charge in [0.15, 0.2) is 11.6 Å². The molecule has 1 saturated carbocycles. The van der Waals surface area contributed by atoms with Gasteiger partial charge in [-0.15, -0.1) is 11.3 Å². The lowest BCUT2D eigenvalue weighted by molar-refractivity contribution is 0.241. The Bertz CT molecular complexity index is 1280. The van der Waals surface area contributed by atoms with Crippen molar-refractivity contribution < 1.29 is 0 Å². The molecule has 1 aromatic carbocycles. The number of hydrogen-bond donors (Lipinski definition) is 2. The topological polar surface area (TPSA) is 73.0 Å². The first-order chi connectivity index (χ1) is 16.3. The lowest BCUT2D eigenvalue weighted by atomic mass is 10.1. The molecule has 0 spiro atoms. The van der Waals surface area contributed by atoms with Gasteiger partial charge in [-0.1, -0.05) is 30.3 Å². The SMILES string of the molecule is c1ccc(CCN2C[C@@H]3C[C@@H]2CN3c2nc(Nc3cc(C4CC4)[nH]n3)c3sccc3n2)cc1. The summed E-state index contributed by atoms with van der Waals surface area (Å²) in [6.07, 6.45) is 4.83. The second kappa shape index (κ2) is 7.81. The van der Waals surface area contributed by atoms with Gasteiger partial charge >= 0.3 is 0 Å². The number of rotatable bonds is 7. The fourth-order valence-corrected chi connectivity index (χ4v) is 6.15. The fraction of sp³-hybridized carbons (Fsp3) is 0.400. The number of fused-ring (bicyclic) bond motifs is 3. The third-order valence-electron chi connectivity index (χ3n) is 7.29. The highest BCUT2D eigenvalue weighted by Crippen LogP contribution is 2.40. The van der Waals surface area contributed by atoms with Crippen molar-refractivity contribution in [3.8, 4) is 0 Å². The molecule has 5 heterocycles. The van der Waals surface area contributed by atoms with Crippen LogP contribution in [0.4, 0.5) is 17.6 Å². The van der Waals surface area contributed by atoms with Crippen molar-refractivity contribution in [1.29, 1.82) is 0 Å². The van der Waals surface area contributed by atoms with E-state index in [0.29, 0.717) is 18.0 Å². The quantitative estimate of drug-likeness (QED) is 0.424. The van der Waals surface area contributed by atoms with Crippen molar-refractivity contribution in [2.24, 2.45) is 0 Å². The van der Waals surface area contributed by atoms with Gasteiger partial charge in [0.2, 0.25) is 5.95 Å². The Labute approximate surface area is 196 Å². The largest absolute Gasteiger partial charge is 0.335 e. The summed E-state index contributed by atoms with van der Waals surface area (Å²) >= 11 is 1.68. The fourth-order valence-electron chi connectivity index (χ4n) is 5.38. The number of nitrogens with zero attached hydrogens (tertiary/aromatic N) is 5. The first-order valence-corrected chi connectivity index (χ1v) is 12.8. The molecule has 2 N–H and O–H groups in total. The first kappa shape index (κ1) is 19.5. The number of benzene rings is 1. The molecule has 7 rings (SSSR count). The second-order valence-electron chi connectivity index (χ2n) is 9.54. The number of aromatic nitrogens is 4. The summed E-state index contributed by atoms with van der Waals surface area (Å²) in [5, 5.41) is 13.2. The molecule has 168 valence electrons. The van der Waals surface area contributed by atoms with E-state index in [0.717, 1.165) is 53.9 Å². The number of anilines is 3. The maximum absolute atomic E-state index is 5.00. The zero-order valence-corrected chi connectivity index (χ0v) is 19.3. The van der Waals surface area contributed by atoms with E-state index in [-0.39, 0.29) is 0 Å². The molecular formula is C25H27N7S. The van der Waals surface area contributed by atoms with Gasteiger partial charge in [0, 0.05) is 49.4 Å². The van der Waals surface area contributed by atoms with Crippen LogP contribution in [0.1, 0.15) is 36.4 Å². The minimum Gasteiger partial charge on any atom is -0.335 e. The van der Waals surface area contributed by atoms with Gasteiger partial charge in [-0.05, 0) is 42.7 Å². The lowest BCUT2D eigenvalue weighted by Crippen LogP contribution is -2.47. The second-order valence-corrected chi connectivity index (χ2v) is 10.5. The van der Waals surface area contributed by atoms with Gasteiger partial charge < -0.3 is 10.2 Å². The van der Waals surface area contributed by atoms with Crippen molar-refractivity contribution in [2.45, 2.75) is 43.7 Å². The summed E-state index contributed by atoms with van der Waals surface area (Å²) < 4.78 is 1.09. The molecule has 3 aliphatic rings. The maximum atomic E-state index is 5.00. The molecule has 2 bridgehead atoms. The van der Waals surface area contributed by atoms with E-state index in [1.54, 1.807) is 11.3 Å². The van der Waals surface area contributed by atoms with Crippen molar-refractivity contribution in [1.82, 2.24) is 25.1 Å². The number of hydrogen-bond acceptors (Lipinski definition) is 7. The van der Waals surface area contributed by atoms with E-state index >= 15 is 0 Å². The predicted molar refractivity (Wildman–Crippen MR) is 133 cm³/mol. The standard InChI is InChI=1S/C25H27N7S/c1-2-4-16(5-3-1)8-10-31-14-19-12-18(31)15-32(19)25-26-20-9-11-33-23(20)24(28-25)27-22-13-21(29-30-22)17-6-7-17/h1-5,9,11,13,17-19H,6-8,10,12,14-15H2,(H2,26,27,28,29,30)/t18-,19+/m1/s1. The van der Waals surface area contributed by atoms with Crippen LogP contribution in [0.3, 0.4) is 0 Å². The Morgan fingerprint density at radius 1 is 1.06 bits per heavy atom. The van der Waals surface area contributed by atoms with Gasteiger partial charge in [0.1, 0.15) is 0 Å². The Balaban J connectivity index is 1.09. The van der Waals surface area contributed by atoms with Gasteiger partial charge in [0.05, 0.1) is 10.2 Å². The van der Waals surface area contributed by atoms with E-state index in [1.807, 2.05) is 0 Å². The van der Waals surface area contributed by atoms with Gasteiger partial charge in [0.25, 0.3) is 0 Å². The number of likely N-dealkylation sites (tertiary alicyclic amines) is 1. The molecule has 0 amide bonds. The average Bonchev–Trinajstić information content (AvgIpc) is 3.22.